The molecule has 0 atom stereocenters. The van der Waals surface area contributed by atoms with Gasteiger partial charge in [-0.2, -0.15) is 0 Å². The van der Waals surface area contributed by atoms with Gasteiger partial charge >= 0.3 is 0 Å². The van der Waals surface area contributed by atoms with Gasteiger partial charge in [-0.05, 0) is 45.0 Å². The molecule has 2 nitrogen and oxygen atoms in total. The molecule has 0 aromatic carbocycles. The Hall–Kier alpha value is -1.57. The van der Waals surface area contributed by atoms with Crippen molar-refractivity contribution in [3.8, 4) is 5.69 Å². The zero-order chi connectivity index (χ0) is 10.1. The van der Waals surface area contributed by atoms with Gasteiger partial charge in [0.25, 0.3) is 0 Å². The molecule has 72 valence electrons. The van der Waals surface area contributed by atoms with E-state index in [4.69, 9.17) is 0 Å². The first-order chi connectivity index (χ1) is 6.70. The topological polar surface area (TPSA) is 17.8 Å². The zero-order valence-electron chi connectivity index (χ0n) is 8.78. The summed E-state index contributed by atoms with van der Waals surface area (Å²) in [6.07, 6.45) is 1.83. The van der Waals surface area contributed by atoms with E-state index in [2.05, 4.69) is 41.6 Å². The lowest BCUT2D eigenvalue weighted by molar-refractivity contribution is 0.937. The average molecular weight is 186 g/mol. The molecule has 0 radical (unpaired) electrons. The number of rotatable bonds is 1. The fourth-order valence-electron chi connectivity index (χ4n) is 1.76. The Kier molecular flexibility index (Phi) is 2.12. The molecule has 0 saturated carbocycles. The zero-order valence-corrected chi connectivity index (χ0v) is 8.78. The second-order valence-corrected chi connectivity index (χ2v) is 3.56. The van der Waals surface area contributed by atoms with Crippen molar-refractivity contribution in [1.82, 2.24) is 9.55 Å². The SMILES string of the molecule is Cc1ncccc1-n1c(C)ccc1C. The van der Waals surface area contributed by atoms with Gasteiger partial charge in [0.05, 0.1) is 11.4 Å². The van der Waals surface area contributed by atoms with Gasteiger partial charge in [0, 0.05) is 17.6 Å². The lowest BCUT2D eigenvalue weighted by Gasteiger charge is -2.10. The van der Waals surface area contributed by atoms with E-state index in [1.807, 2.05) is 19.2 Å². The highest BCUT2D eigenvalue weighted by atomic mass is 15.0. The summed E-state index contributed by atoms with van der Waals surface area (Å²) in [5.41, 5.74) is 4.74. The molecular weight excluding hydrogens is 172 g/mol. The smallest absolute Gasteiger partial charge is 0.0667 e. The molecule has 0 fully saturated rings. The molecule has 0 amide bonds. The Morgan fingerprint density at radius 3 is 2.21 bits per heavy atom. The normalized spacial score (nSPS) is 10.5. The summed E-state index contributed by atoms with van der Waals surface area (Å²) in [4.78, 5) is 4.30. The molecule has 0 spiro atoms. The lowest BCUT2D eigenvalue weighted by Crippen LogP contribution is -2.01. The summed E-state index contributed by atoms with van der Waals surface area (Å²) in [6.45, 7) is 6.26. The molecule has 0 aliphatic heterocycles. The summed E-state index contributed by atoms with van der Waals surface area (Å²) in [5.74, 6) is 0. The van der Waals surface area contributed by atoms with Crippen molar-refractivity contribution in [3.05, 3.63) is 47.5 Å². The third-order valence-corrected chi connectivity index (χ3v) is 2.49. The van der Waals surface area contributed by atoms with Crippen molar-refractivity contribution < 1.29 is 0 Å². The molecule has 2 heterocycles. The standard InChI is InChI=1S/C12H14N2/c1-9-6-7-10(2)14(9)12-5-4-8-13-11(12)3/h4-8H,1-3H3. The number of aryl methyl sites for hydroxylation is 3. The van der Waals surface area contributed by atoms with Gasteiger partial charge < -0.3 is 4.57 Å². The van der Waals surface area contributed by atoms with Crippen molar-refractivity contribution in [2.24, 2.45) is 0 Å². The van der Waals surface area contributed by atoms with Crippen molar-refractivity contribution >= 4 is 0 Å². The predicted octanol–water partition coefficient (Wildman–Crippen LogP) is 2.80. The Bertz CT molecular complexity index is 436. The van der Waals surface area contributed by atoms with Gasteiger partial charge in [-0.15, -0.1) is 0 Å². The first-order valence-corrected chi connectivity index (χ1v) is 4.77. The van der Waals surface area contributed by atoms with Gasteiger partial charge in [0.15, 0.2) is 0 Å². The Morgan fingerprint density at radius 2 is 1.64 bits per heavy atom. The largest absolute Gasteiger partial charge is 0.317 e. The van der Waals surface area contributed by atoms with Crippen LogP contribution in [0.15, 0.2) is 30.5 Å². The van der Waals surface area contributed by atoms with E-state index in [9.17, 15) is 0 Å². The lowest BCUT2D eigenvalue weighted by atomic mass is 10.3. The van der Waals surface area contributed by atoms with Gasteiger partial charge in [-0.1, -0.05) is 0 Å². The van der Waals surface area contributed by atoms with Gasteiger partial charge in [-0.25, -0.2) is 0 Å². The second kappa shape index (κ2) is 3.29. The maximum atomic E-state index is 4.30. The van der Waals surface area contributed by atoms with E-state index < -0.39 is 0 Å². The molecule has 0 aliphatic rings. The van der Waals surface area contributed by atoms with Crippen molar-refractivity contribution in [3.63, 3.8) is 0 Å². The maximum Gasteiger partial charge on any atom is 0.0667 e. The van der Waals surface area contributed by atoms with Gasteiger partial charge in [-0.3, -0.25) is 4.98 Å². The number of pyridine rings is 1. The summed E-state index contributed by atoms with van der Waals surface area (Å²) in [6, 6.07) is 8.33. The predicted molar refractivity (Wildman–Crippen MR) is 57.8 cm³/mol. The quantitative estimate of drug-likeness (QED) is 0.669. The Balaban J connectivity index is 2.66. The highest BCUT2D eigenvalue weighted by Crippen LogP contribution is 2.17. The van der Waals surface area contributed by atoms with Crippen molar-refractivity contribution in [2.45, 2.75) is 20.8 Å². The monoisotopic (exact) mass is 186 g/mol. The van der Waals surface area contributed by atoms with Crippen LogP contribution >= 0.6 is 0 Å². The number of aromatic nitrogens is 2. The molecule has 0 unspecified atom stereocenters. The van der Waals surface area contributed by atoms with Crippen LogP contribution in [0.2, 0.25) is 0 Å². The summed E-state index contributed by atoms with van der Waals surface area (Å²) >= 11 is 0. The molecule has 14 heavy (non-hydrogen) atoms. The highest BCUT2D eigenvalue weighted by Gasteiger charge is 2.05. The minimum Gasteiger partial charge on any atom is -0.317 e. The van der Waals surface area contributed by atoms with Crippen LogP contribution in [0.4, 0.5) is 0 Å². The van der Waals surface area contributed by atoms with Crippen molar-refractivity contribution in [1.29, 1.82) is 0 Å². The Labute approximate surface area is 84.2 Å². The second-order valence-electron chi connectivity index (χ2n) is 3.56. The molecule has 2 rings (SSSR count). The molecule has 0 saturated heterocycles. The summed E-state index contributed by atoms with van der Waals surface area (Å²) < 4.78 is 2.22. The van der Waals surface area contributed by atoms with E-state index in [-0.39, 0.29) is 0 Å². The summed E-state index contributed by atoms with van der Waals surface area (Å²) in [7, 11) is 0. The summed E-state index contributed by atoms with van der Waals surface area (Å²) in [5, 5.41) is 0. The molecule has 2 heteroatoms. The van der Waals surface area contributed by atoms with E-state index in [0.29, 0.717) is 0 Å². The fraction of sp³-hybridized carbons (Fsp3) is 0.250. The number of hydrogen-bond acceptors (Lipinski definition) is 1. The van der Waals surface area contributed by atoms with Gasteiger partial charge in [0.2, 0.25) is 0 Å². The van der Waals surface area contributed by atoms with Crippen LogP contribution in [0.25, 0.3) is 5.69 Å². The molecule has 2 aromatic heterocycles. The van der Waals surface area contributed by atoms with E-state index in [0.717, 1.165) is 5.69 Å². The maximum absolute atomic E-state index is 4.30. The molecular formula is C12H14N2. The van der Waals surface area contributed by atoms with E-state index in [1.165, 1.54) is 17.1 Å². The minimum absolute atomic E-state index is 1.06. The molecule has 0 aliphatic carbocycles. The first-order valence-electron chi connectivity index (χ1n) is 4.77. The molecule has 2 aromatic rings. The Morgan fingerprint density at radius 1 is 1.00 bits per heavy atom. The fourth-order valence-corrected chi connectivity index (χ4v) is 1.76. The van der Waals surface area contributed by atoms with Crippen LogP contribution in [-0.4, -0.2) is 9.55 Å². The highest BCUT2D eigenvalue weighted by molar-refractivity contribution is 5.40. The van der Waals surface area contributed by atoms with Crippen LogP contribution in [0.1, 0.15) is 17.1 Å². The van der Waals surface area contributed by atoms with Crippen LogP contribution < -0.4 is 0 Å². The van der Waals surface area contributed by atoms with Crippen molar-refractivity contribution in [2.75, 3.05) is 0 Å². The first kappa shape index (κ1) is 9.00. The average Bonchev–Trinajstić information content (AvgIpc) is 2.48. The number of hydrogen-bond donors (Lipinski definition) is 0. The number of nitrogens with zero attached hydrogens (tertiary/aromatic N) is 2. The van der Waals surface area contributed by atoms with E-state index in [1.54, 1.807) is 0 Å². The minimum atomic E-state index is 1.06. The van der Waals surface area contributed by atoms with Crippen LogP contribution in [-0.2, 0) is 0 Å². The van der Waals surface area contributed by atoms with Crippen LogP contribution in [0.5, 0.6) is 0 Å². The third kappa shape index (κ3) is 1.33. The molecule has 0 bridgehead atoms. The van der Waals surface area contributed by atoms with Gasteiger partial charge in [0.1, 0.15) is 0 Å². The third-order valence-electron chi connectivity index (χ3n) is 2.49. The van der Waals surface area contributed by atoms with Crippen LogP contribution in [0.3, 0.4) is 0 Å². The van der Waals surface area contributed by atoms with Crippen LogP contribution in [0, 0.1) is 20.8 Å². The molecule has 0 N–H and O–H groups in total. The van der Waals surface area contributed by atoms with E-state index >= 15 is 0 Å².